The number of aromatic nitrogens is 2. The molecule has 0 fully saturated rings. The maximum Gasteiger partial charge on any atom is 0.294 e. The van der Waals surface area contributed by atoms with Crippen molar-refractivity contribution >= 4 is 11.0 Å². The largest absolute Gasteiger partial charge is 0.465 e. The van der Waals surface area contributed by atoms with E-state index < -0.39 is 0 Å². The summed E-state index contributed by atoms with van der Waals surface area (Å²) in [6, 6.07) is 6.45. The van der Waals surface area contributed by atoms with E-state index in [4.69, 9.17) is 10.5 Å². The van der Waals surface area contributed by atoms with Crippen LogP contribution in [0.5, 0.6) is 6.01 Å². The van der Waals surface area contributed by atoms with Crippen LogP contribution >= 0.6 is 0 Å². The van der Waals surface area contributed by atoms with E-state index in [1.165, 1.54) is 0 Å². The minimum absolute atomic E-state index is 0.494. The number of benzene rings is 1. The number of H-pyrrole nitrogens is 1. The quantitative estimate of drug-likeness (QED) is 0.771. The van der Waals surface area contributed by atoms with E-state index in [-0.39, 0.29) is 0 Å². The van der Waals surface area contributed by atoms with Gasteiger partial charge in [0.1, 0.15) is 0 Å². The molecule has 1 heterocycles. The first-order valence-corrected chi connectivity index (χ1v) is 4.65. The molecule has 0 aliphatic heterocycles. The van der Waals surface area contributed by atoms with E-state index in [0.29, 0.717) is 19.2 Å². The molecule has 4 nitrogen and oxygen atoms in total. The Morgan fingerprint density at radius 1 is 1.50 bits per heavy atom. The molecule has 0 saturated heterocycles. The second-order valence-electron chi connectivity index (χ2n) is 2.99. The van der Waals surface area contributed by atoms with Crippen molar-refractivity contribution in [1.29, 1.82) is 0 Å². The minimum Gasteiger partial charge on any atom is -0.465 e. The molecule has 0 spiro atoms. The summed E-state index contributed by atoms with van der Waals surface area (Å²) in [6.45, 7) is 3.03. The van der Waals surface area contributed by atoms with Crippen molar-refractivity contribution in [2.75, 3.05) is 6.61 Å². The Kier molecular flexibility index (Phi) is 2.37. The standard InChI is InChI=1S/C10H13N3O/c1-2-14-10-12-8-5-3-4-7(6-11)9(8)13-10/h3-5H,2,6,11H2,1H3,(H,12,13). The Balaban J connectivity index is 2.52. The van der Waals surface area contributed by atoms with Crippen LogP contribution in [0.25, 0.3) is 11.0 Å². The molecule has 0 atom stereocenters. The van der Waals surface area contributed by atoms with Gasteiger partial charge in [0.25, 0.3) is 6.01 Å². The van der Waals surface area contributed by atoms with Gasteiger partial charge < -0.3 is 15.5 Å². The van der Waals surface area contributed by atoms with Crippen molar-refractivity contribution in [3.63, 3.8) is 0 Å². The molecule has 0 bridgehead atoms. The normalized spacial score (nSPS) is 10.7. The minimum atomic E-state index is 0.494. The third-order valence-electron chi connectivity index (χ3n) is 2.08. The third kappa shape index (κ3) is 1.44. The van der Waals surface area contributed by atoms with Crippen LogP contribution in [0.15, 0.2) is 18.2 Å². The molecule has 3 N–H and O–H groups in total. The van der Waals surface area contributed by atoms with E-state index in [9.17, 15) is 0 Å². The maximum atomic E-state index is 5.60. The van der Waals surface area contributed by atoms with Gasteiger partial charge in [0.05, 0.1) is 17.6 Å². The maximum absolute atomic E-state index is 5.60. The predicted octanol–water partition coefficient (Wildman–Crippen LogP) is 1.42. The highest BCUT2D eigenvalue weighted by Crippen LogP contribution is 2.19. The molecule has 2 rings (SSSR count). The highest BCUT2D eigenvalue weighted by Gasteiger charge is 2.05. The Bertz CT molecular complexity index is 436. The lowest BCUT2D eigenvalue weighted by Gasteiger charge is -1.95. The summed E-state index contributed by atoms with van der Waals surface area (Å²) in [5.74, 6) is 0. The van der Waals surface area contributed by atoms with Crippen LogP contribution in [0.1, 0.15) is 12.5 Å². The number of hydrogen-bond donors (Lipinski definition) is 2. The molecule has 0 radical (unpaired) electrons. The van der Waals surface area contributed by atoms with Crippen molar-refractivity contribution in [2.45, 2.75) is 13.5 Å². The fourth-order valence-electron chi connectivity index (χ4n) is 1.44. The Morgan fingerprint density at radius 3 is 3.07 bits per heavy atom. The zero-order valence-corrected chi connectivity index (χ0v) is 8.08. The monoisotopic (exact) mass is 191 g/mol. The fourth-order valence-corrected chi connectivity index (χ4v) is 1.44. The van der Waals surface area contributed by atoms with E-state index in [1.54, 1.807) is 0 Å². The third-order valence-corrected chi connectivity index (χ3v) is 2.08. The molecule has 74 valence electrons. The predicted molar refractivity (Wildman–Crippen MR) is 55.2 cm³/mol. The number of ether oxygens (including phenoxy) is 1. The van der Waals surface area contributed by atoms with Gasteiger partial charge in [-0.15, -0.1) is 0 Å². The summed E-state index contributed by atoms with van der Waals surface area (Å²) in [7, 11) is 0. The summed E-state index contributed by atoms with van der Waals surface area (Å²) < 4.78 is 5.28. The van der Waals surface area contributed by atoms with Gasteiger partial charge in [-0.2, -0.15) is 4.98 Å². The number of aromatic amines is 1. The van der Waals surface area contributed by atoms with Crippen LogP contribution in [0.3, 0.4) is 0 Å². The summed E-state index contributed by atoms with van der Waals surface area (Å²) in [4.78, 5) is 7.40. The van der Waals surface area contributed by atoms with Gasteiger partial charge >= 0.3 is 0 Å². The van der Waals surface area contributed by atoms with Crippen LogP contribution in [0.4, 0.5) is 0 Å². The first-order chi connectivity index (χ1) is 6.85. The highest BCUT2D eigenvalue weighted by atomic mass is 16.5. The van der Waals surface area contributed by atoms with Crippen LogP contribution < -0.4 is 10.5 Å². The van der Waals surface area contributed by atoms with Crippen LogP contribution in [-0.4, -0.2) is 16.6 Å². The molecule has 1 aromatic heterocycles. The summed E-state index contributed by atoms with van der Waals surface area (Å²) in [5, 5.41) is 0. The number of fused-ring (bicyclic) bond motifs is 1. The number of para-hydroxylation sites is 1. The molecule has 4 heteroatoms. The second kappa shape index (κ2) is 3.67. The van der Waals surface area contributed by atoms with Crippen LogP contribution in [0, 0.1) is 0 Å². The van der Waals surface area contributed by atoms with Crippen LogP contribution in [-0.2, 0) is 6.54 Å². The van der Waals surface area contributed by atoms with Gasteiger partial charge in [-0.1, -0.05) is 12.1 Å². The molecule has 1 aromatic carbocycles. The SMILES string of the molecule is CCOc1nc2c(CN)cccc2[nH]1. The Hall–Kier alpha value is -1.55. The highest BCUT2D eigenvalue weighted by molar-refractivity contribution is 5.79. The Morgan fingerprint density at radius 2 is 2.36 bits per heavy atom. The van der Waals surface area contributed by atoms with Gasteiger partial charge in [0.15, 0.2) is 0 Å². The fraction of sp³-hybridized carbons (Fsp3) is 0.300. The molecule has 0 aliphatic rings. The lowest BCUT2D eigenvalue weighted by molar-refractivity contribution is 0.317. The molecule has 0 amide bonds. The molecule has 0 saturated carbocycles. The van der Waals surface area contributed by atoms with E-state index in [2.05, 4.69) is 9.97 Å². The van der Waals surface area contributed by atoms with Crippen molar-refractivity contribution in [3.8, 4) is 6.01 Å². The number of imidazole rings is 1. The summed E-state index contributed by atoms with van der Waals surface area (Å²) >= 11 is 0. The average Bonchev–Trinajstić information content (AvgIpc) is 2.60. The number of nitrogens with zero attached hydrogens (tertiary/aromatic N) is 1. The van der Waals surface area contributed by atoms with Crippen LogP contribution in [0.2, 0.25) is 0 Å². The first kappa shape index (κ1) is 9.02. The number of nitrogens with two attached hydrogens (primary N) is 1. The zero-order valence-electron chi connectivity index (χ0n) is 8.08. The lowest BCUT2D eigenvalue weighted by Crippen LogP contribution is -1.96. The van der Waals surface area contributed by atoms with E-state index in [0.717, 1.165) is 16.6 Å². The summed E-state index contributed by atoms with van der Waals surface area (Å²) in [5.41, 5.74) is 8.51. The van der Waals surface area contributed by atoms with Gasteiger partial charge in [0.2, 0.25) is 0 Å². The zero-order chi connectivity index (χ0) is 9.97. The second-order valence-corrected chi connectivity index (χ2v) is 2.99. The van der Waals surface area contributed by atoms with E-state index >= 15 is 0 Å². The number of rotatable bonds is 3. The summed E-state index contributed by atoms with van der Waals surface area (Å²) in [6.07, 6.45) is 0. The Labute approximate surface area is 82.1 Å². The molecule has 0 unspecified atom stereocenters. The molecule has 0 aliphatic carbocycles. The number of nitrogens with one attached hydrogen (secondary N) is 1. The molecule has 2 aromatic rings. The number of hydrogen-bond acceptors (Lipinski definition) is 3. The average molecular weight is 191 g/mol. The smallest absolute Gasteiger partial charge is 0.294 e. The molecular weight excluding hydrogens is 178 g/mol. The van der Waals surface area contributed by atoms with Gasteiger partial charge in [-0.25, -0.2) is 0 Å². The van der Waals surface area contributed by atoms with Crippen molar-refractivity contribution in [2.24, 2.45) is 5.73 Å². The topological polar surface area (TPSA) is 63.9 Å². The van der Waals surface area contributed by atoms with Gasteiger partial charge in [-0.05, 0) is 18.6 Å². The van der Waals surface area contributed by atoms with E-state index in [1.807, 2.05) is 25.1 Å². The van der Waals surface area contributed by atoms with Crippen molar-refractivity contribution in [1.82, 2.24) is 9.97 Å². The lowest BCUT2D eigenvalue weighted by atomic mass is 10.2. The van der Waals surface area contributed by atoms with Gasteiger partial charge in [-0.3, -0.25) is 0 Å². The first-order valence-electron chi connectivity index (χ1n) is 4.65. The molecular formula is C10H13N3O. The molecule has 14 heavy (non-hydrogen) atoms. The van der Waals surface area contributed by atoms with Crippen molar-refractivity contribution in [3.05, 3.63) is 23.8 Å². The van der Waals surface area contributed by atoms with Gasteiger partial charge in [0, 0.05) is 6.54 Å². The van der Waals surface area contributed by atoms with Crippen molar-refractivity contribution < 1.29 is 4.74 Å².